The number of nitrogens with zero attached hydrogens (tertiary/aromatic N) is 2. The number of benzene rings is 4. The summed E-state index contributed by atoms with van der Waals surface area (Å²) in [6, 6.07) is 24.7. The number of Topliss-reactive ketones (excluding diaryl/α,β-unsaturated/α-hetero) is 1. The van der Waals surface area contributed by atoms with E-state index in [0.717, 1.165) is 42.8 Å². The summed E-state index contributed by atoms with van der Waals surface area (Å²) in [5, 5.41) is 0. The third-order valence-electron chi connectivity index (χ3n) is 9.32. The molecule has 1 amide bonds. The predicted molar refractivity (Wildman–Crippen MR) is 232 cm³/mol. The van der Waals surface area contributed by atoms with Crippen molar-refractivity contribution in [1.29, 1.82) is 0 Å². The average Bonchev–Trinajstić information content (AvgIpc) is 3.66. The van der Waals surface area contributed by atoms with Crippen molar-refractivity contribution in [2.24, 2.45) is 17.6 Å². The van der Waals surface area contributed by atoms with E-state index in [-0.39, 0.29) is 102 Å². The van der Waals surface area contributed by atoms with Crippen molar-refractivity contribution in [2.75, 3.05) is 13.1 Å². The summed E-state index contributed by atoms with van der Waals surface area (Å²) >= 11 is 0. The first-order chi connectivity index (χ1) is 24.4. The maximum atomic E-state index is 14.5. The Morgan fingerprint density at radius 2 is 1.15 bits per heavy atom. The van der Waals surface area contributed by atoms with Crippen LogP contribution in [0.25, 0.3) is 0 Å². The molecule has 2 aliphatic heterocycles. The Bertz CT molecular complexity index is 1810. The number of halogens is 3. The van der Waals surface area contributed by atoms with Crippen LogP contribution < -0.4 is 15.2 Å². The molecule has 2 saturated heterocycles. The van der Waals surface area contributed by atoms with Crippen molar-refractivity contribution in [3.63, 3.8) is 0 Å². The van der Waals surface area contributed by atoms with E-state index >= 15 is 0 Å². The largest absolute Gasteiger partial charge is 0.489 e. The number of hydrogen-bond donors (Lipinski definition) is 1. The van der Waals surface area contributed by atoms with E-state index in [1.165, 1.54) is 30.3 Å². The summed E-state index contributed by atoms with van der Waals surface area (Å²) in [7, 11) is 0. The van der Waals surface area contributed by atoms with Gasteiger partial charge in [0.1, 0.15) is 47.9 Å². The topological polar surface area (TPSA) is 85.1 Å². The molecule has 6 rings (SSSR count). The van der Waals surface area contributed by atoms with Crippen LogP contribution in [0.15, 0.2) is 91.0 Å². The van der Waals surface area contributed by atoms with Gasteiger partial charge in [0, 0.05) is 37.8 Å². The number of ketones is 1. The molecule has 0 saturated carbocycles. The van der Waals surface area contributed by atoms with E-state index < -0.39 is 0 Å². The van der Waals surface area contributed by atoms with E-state index in [1.807, 2.05) is 35.2 Å². The first-order valence-electron chi connectivity index (χ1n) is 17.3. The van der Waals surface area contributed by atoms with Crippen molar-refractivity contribution >= 4 is 65.7 Å². The number of amides is 1. The standard InChI is InChI=1S/C21H23F2NO2.C20H23FN2O2.4H2S/c1-14-8-21(15(2)25)24(11-14)12-17-6-7-19(10-20(17)23)26-13-16-4-3-5-18(22)9-16;1-14-9-19(20(22)24)23(11-14)12-15-5-7-18(8-6-15)25-13-16-3-2-4-17(21)10-16;;;;/h3-7,9-10,14,21H,8,11-13H2,1-2H3;2-8,10,14,19H,9,11-13H2,1H3,(H2,22,24);4*1H2/t14-,21-;14-,19-;;;;/m00..../s1. The van der Waals surface area contributed by atoms with Crippen LogP contribution in [0, 0.1) is 29.3 Å². The summed E-state index contributed by atoms with van der Waals surface area (Å²) in [6.07, 6.45) is 1.65. The van der Waals surface area contributed by atoms with E-state index in [9.17, 15) is 22.8 Å². The van der Waals surface area contributed by atoms with Gasteiger partial charge in [-0.3, -0.25) is 19.4 Å². The van der Waals surface area contributed by atoms with Crippen molar-refractivity contribution in [3.05, 3.63) is 131 Å². The molecule has 0 radical (unpaired) electrons. The lowest BCUT2D eigenvalue weighted by atomic mass is 10.1. The molecule has 0 aromatic heterocycles. The van der Waals surface area contributed by atoms with Crippen molar-refractivity contribution in [1.82, 2.24) is 9.80 Å². The number of primary amides is 1. The van der Waals surface area contributed by atoms with Crippen LogP contribution in [0.1, 0.15) is 55.9 Å². The van der Waals surface area contributed by atoms with Gasteiger partial charge in [-0.05, 0) is 90.8 Å². The molecule has 2 fully saturated rings. The van der Waals surface area contributed by atoms with Gasteiger partial charge in [-0.15, -0.1) is 0 Å². The Morgan fingerprint density at radius 1 is 0.655 bits per heavy atom. The minimum absolute atomic E-state index is 0. The lowest BCUT2D eigenvalue weighted by Gasteiger charge is -2.22. The van der Waals surface area contributed by atoms with Gasteiger partial charge >= 0.3 is 0 Å². The van der Waals surface area contributed by atoms with Crippen LogP contribution in [-0.4, -0.2) is 46.7 Å². The predicted octanol–water partition coefficient (Wildman–Crippen LogP) is 7.89. The average molecular weight is 838 g/mol. The molecule has 14 heteroatoms. The van der Waals surface area contributed by atoms with Gasteiger partial charge in [-0.25, -0.2) is 13.2 Å². The van der Waals surface area contributed by atoms with E-state index in [0.29, 0.717) is 48.4 Å². The van der Waals surface area contributed by atoms with Crippen LogP contribution in [0.3, 0.4) is 0 Å². The fourth-order valence-corrected chi connectivity index (χ4v) is 6.81. The zero-order valence-electron chi connectivity index (χ0n) is 31.4. The summed E-state index contributed by atoms with van der Waals surface area (Å²) in [5.41, 5.74) is 8.64. The number of likely N-dealkylation sites (tertiary alicyclic amines) is 2. The highest BCUT2D eigenvalue weighted by Gasteiger charge is 2.34. The van der Waals surface area contributed by atoms with E-state index in [4.69, 9.17) is 15.2 Å². The number of rotatable bonds is 12. The molecule has 0 spiro atoms. The maximum absolute atomic E-state index is 14.5. The highest BCUT2D eigenvalue weighted by molar-refractivity contribution is 7.59. The molecular formula is C41H54F3N3O4S4. The van der Waals surface area contributed by atoms with E-state index in [1.54, 1.807) is 37.3 Å². The minimum atomic E-state index is -0.358. The van der Waals surface area contributed by atoms with Gasteiger partial charge in [-0.1, -0.05) is 56.3 Å². The second-order valence-electron chi connectivity index (χ2n) is 13.8. The molecule has 0 aliphatic carbocycles. The Labute approximate surface area is 350 Å². The SMILES string of the molecule is CC(=O)[C@@H]1C[C@H](C)CN1Cc1ccc(OCc2cccc(F)c2)cc1F.C[C@H]1C[C@@H](C(N)=O)N(Cc2ccc(OCc3cccc(F)c3)cc2)C1.S.S.S.S. The number of hydrogen-bond acceptors (Lipinski definition) is 6. The minimum Gasteiger partial charge on any atom is -0.489 e. The summed E-state index contributed by atoms with van der Waals surface area (Å²) in [4.78, 5) is 27.5. The van der Waals surface area contributed by atoms with Crippen LogP contribution in [0.2, 0.25) is 0 Å². The quantitative estimate of drug-likeness (QED) is 0.156. The molecule has 4 atom stereocenters. The third kappa shape index (κ3) is 15.0. The normalized spacial score (nSPS) is 18.9. The molecule has 7 nitrogen and oxygen atoms in total. The molecule has 0 bridgehead atoms. The van der Waals surface area contributed by atoms with Gasteiger partial charge in [0.2, 0.25) is 5.91 Å². The molecule has 2 aliphatic rings. The fourth-order valence-electron chi connectivity index (χ4n) is 6.81. The van der Waals surface area contributed by atoms with E-state index in [2.05, 4.69) is 18.7 Å². The Kier molecular flexibility index (Phi) is 21.5. The lowest BCUT2D eigenvalue weighted by Crippen LogP contribution is -2.39. The second-order valence-corrected chi connectivity index (χ2v) is 13.8. The second kappa shape index (κ2) is 23.7. The van der Waals surface area contributed by atoms with Crippen LogP contribution >= 0.6 is 54.0 Å². The highest BCUT2D eigenvalue weighted by Crippen LogP contribution is 2.28. The van der Waals surface area contributed by atoms with Gasteiger partial charge in [-0.2, -0.15) is 54.0 Å². The van der Waals surface area contributed by atoms with Crippen molar-refractivity contribution < 1.29 is 32.2 Å². The Balaban J connectivity index is 0.000000513. The monoisotopic (exact) mass is 837 g/mol. The number of nitrogens with two attached hydrogens (primary N) is 1. The summed E-state index contributed by atoms with van der Waals surface area (Å²) in [5.74, 6) is 0.968. The summed E-state index contributed by atoms with van der Waals surface area (Å²) in [6.45, 7) is 9.11. The molecule has 302 valence electrons. The first-order valence-corrected chi connectivity index (χ1v) is 17.3. The van der Waals surface area contributed by atoms with Crippen molar-refractivity contribution in [2.45, 2.75) is 72.0 Å². The highest BCUT2D eigenvalue weighted by atomic mass is 32.1. The van der Waals surface area contributed by atoms with Crippen LogP contribution in [-0.2, 0) is 35.9 Å². The molecule has 4 aromatic carbocycles. The smallest absolute Gasteiger partial charge is 0.234 e. The molecular weight excluding hydrogens is 784 g/mol. The lowest BCUT2D eigenvalue weighted by molar-refractivity contribution is -0.122. The van der Waals surface area contributed by atoms with Gasteiger partial charge < -0.3 is 15.2 Å². The molecule has 55 heavy (non-hydrogen) atoms. The van der Waals surface area contributed by atoms with Gasteiger partial charge in [0.05, 0.1) is 12.1 Å². The maximum Gasteiger partial charge on any atom is 0.234 e. The summed E-state index contributed by atoms with van der Waals surface area (Å²) < 4.78 is 52.1. The zero-order valence-corrected chi connectivity index (χ0v) is 35.4. The molecule has 2 N–H and O–H groups in total. The molecule has 4 aromatic rings. The number of carbonyl (C=O) groups is 2. The first kappa shape index (κ1) is 49.7. The van der Waals surface area contributed by atoms with Crippen LogP contribution in [0.4, 0.5) is 13.2 Å². The zero-order chi connectivity index (χ0) is 36.5. The fraction of sp³-hybridized carbons (Fsp3) is 0.366. The Hall–Kier alpha value is -3.27. The van der Waals surface area contributed by atoms with Crippen molar-refractivity contribution in [3.8, 4) is 11.5 Å². The van der Waals surface area contributed by atoms with Gasteiger partial charge in [0.15, 0.2) is 0 Å². The van der Waals surface area contributed by atoms with Crippen LogP contribution in [0.5, 0.6) is 11.5 Å². The Morgan fingerprint density at radius 3 is 1.64 bits per heavy atom. The molecule has 2 heterocycles. The van der Waals surface area contributed by atoms with Gasteiger partial charge in [0.25, 0.3) is 0 Å². The number of carbonyl (C=O) groups excluding carboxylic acids is 2. The molecule has 0 unspecified atom stereocenters. The third-order valence-corrected chi connectivity index (χ3v) is 9.32. The number of ether oxygens (including phenoxy) is 2.